The van der Waals surface area contributed by atoms with Crippen LogP contribution >= 0.6 is 0 Å². The topological polar surface area (TPSA) is 53.4 Å². The van der Waals surface area contributed by atoms with Crippen LogP contribution in [0.4, 0.5) is 5.69 Å². The van der Waals surface area contributed by atoms with Crippen LogP contribution in [-0.4, -0.2) is 29.1 Å². The highest BCUT2D eigenvalue weighted by molar-refractivity contribution is 5.74. The Bertz CT molecular complexity index is 326. The minimum Gasteiger partial charge on any atom is -0.393 e. The van der Waals surface area contributed by atoms with Gasteiger partial charge in [-0.1, -0.05) is 34.6 Å². The fourth-order valence-electron chi connectivity index (χ4n) is 1.36. The van der Waals surface area contributed by atoms with Crippen molar-refractivity contribution >= 4 is 12.1 Å². The number of aryl methyl sites for hydroxylation is 1. The third-order valence-electron chi connectivity index (χ3n) is 2.53. The van der Waals surface area contributed by atoms with Crippen molar-refractivity contribution in [2.75, 3.05) is 11.4 Å². The van der Waals surface area contributed by atoms with Gasteiger partial charge in [-0.15, -0.1) is 0 Å². The van der Waals surface area contributed by atoms with Crippen LogP contribution in [0.15, 0.2) is 18.3 Å². The molecule has 1 heterocycles. The van der Waals surface area contributed by atoms with E-state index in [9.17, 15) is 9.90 Å². The van der Waals surface area contributed by atoms with Gasteiger partial charge in [0.2, 0.25) is 6.41 Å². The molecule has 0 radical (unpaired) electrons. The fourth-order valence-corrected chi connectivity index (χ4v) is 1.36. The molecule has 0 aliphatic rings. The highest BCUT2D eigenvalue weighted by atomic mass is 16.3. The Hall–Kier alpha value is -1.42. The van der Waals surface area contributed by atoms with Gasteiger partial charge in [0.1, 0.15) is 0 Å². The first-order chi connectivity index (χ1) is 9.67. The number of aromatic nitrogens is 1. The summed E-state index contributed by atoms with van der Waals surface area (Å²) in [6.45, 7) is 12.3. The Labute approximate surface area is 123 Å². The summed E-state index contributed by atoms with van der Waals surface area (Å²) in [6.07, 6.45) is 3.39. The maximum absolute atomic E-state index is 10.9. The number of anilines is 1. The molecule has 0 saturated heterocycles. The summed E-state index contributed by atoms with van der Waals surface area (Å²) in [5.74, 6) is 0. The number of pyridine rings is 1. The molecule has 0 saturated carbocycles. The van der Waals surface area contributed by atoms with E-state index < -0.39 is 0 Å². The van der Waals surface area contributed by atoms with Crippen molar-refractivity contribution in [1.29, 1.82) is 0 Å². The molecule has 4 heteroatoms. The second kappa shape index (κ2) is 14.0. The minimum absolute atomic E-state index is 0.346. The Morgan fingerprint density at radius 2 is 1.90 bits per heavy atom. The van der Waals surface area contributed by atoms with E-state index in [0.29, 0.717) is 19.4 Å². The van der Waals surface area contributed by atoms with Crippen LogP contribution in [0.2, 0.25) is 0 Å². The van der Waals surface area contributed by atoms with Crippen molar-refractivity contribution in [3.63, 3.8) is 0 Å². The van der Waals surface area contributed by atoms with Crippen LogP contribution in [0, 0.1) is 6.92 Å². The lowest BCUT2D eigenvalue weighted by atomic mass is 10.2. The van der Waals surface area contributed by atoms with Gasteiger partial charge in [-0.3, -0.25) is 9.78 Å². The Balaban J connectivity index is 0. The van der Waals surface area contributed by atoms with Crippen LogP contribution in [-0.2, 0) is 4.79 Å². The van der Waals surface area contributed by atoms with E-state index in [2.05, 4.69) is 4.98 Å². The van der Waals surface area contributed by atoms with Crippen molar-refractivity contribution in [3.8, 4) is 0 Å². The van der Waals surface area contributed by atoms with Crippen LogP contribution in [0.1, 0.15) is 53.2 Å². The van der Waals surface area contributed by atoms with Gasteiger partial charge in [-0.25, -0.2) is 0 Å². The van der Waals surface area contributed by atoms with Crippen molar-refractivity contribution < 1.29 is 9.90 Å². The van der Waals surface area contributed by atoms with Crippen LogP contribution in [0.3, 0.4) is 0 Å². The molecular formula is C16H30N2O2. The zero-order valence-corrected chi connectivity index (χ0v) is 13.8. The van der Waals surface area contributed by atoms with E-state index in [0.717, 1.165) is 17.8 Å². The molecule has 0 aliphatic carbocycles. The average molecular weight is 282 g/mol. The number of aliphatic hydroxyl groups excluding tert-OH is 1. The second-order valence-corrected chi connectivity index (χ2v) is 3.81. The van der Waals surface area contributed by atoms with Gasteiger partial charge in [0.15, 0.2) is 0 Å². The van der Waals surface area contributed by atoms with Gasteiger partial charge in [0, 0.05) is 12.2 Å². The van der Waals surface area contributed by atoms with Crippen LogP contribution < -0.4 is 4.90 Å². The lowest BCUT2D eigenvalue weighted by Gasteiger charge is -2.18. The van der Waals surface area contributed by atoms with E-state index in [1.165, 1.54) is 0 Å². The van der Waals surface area contributed by atoms with Crippen molar-refractivity contribution in [2.45, 2.75) is 60.5 Å². The zero-order valence-electron chi connectivity index (χ0n) is 13.8. The predicted octanol–water partition coefficient (Wildman–Crippen LogP) is 3.57. The standard InChI is InChI=1S/C12H18N2O2.2C2H6/c1-3-12(16)6-7-14(9-15)11-5-4-10(2)13-8-11;2*1-2/h4-5,8-9,12,16H,3,6-7H2,1-2H3;2*1-2H3. The first kappa shape index (κ1) is 20.9. The molecule has 0 aliphatic heterocycles. The Morgan fingerprint density at radius 1 is 1.30 bits per heavy atom. The molecule has 1 aromatic heterocycles. The van der Waals surface area contributed by atoms with Crippen molar-refractivity contribution in [1.82, 2.24) is 4.98 Å². The number of hydrogen-bond donors (Lipinski definition) is 1. The van der Waals surface area contributed by atoms with Gasteiger partial charge >= 0.3 is 0 Å². The molecule has 20 heavy (non-hydrogen) atoms. The number of carbonyl (C=O) groups excluding carboxylic acids is 1. The molecule has 4 nitrogen and oxygen atoms in total. The van der Waals surface area contributed by atoms with Crippen molar-refractivity contribution in [2.24, 2.45) is 0 Å². The number of amides is 1. The van der Waals surface area contributed by atoms with E-state index in [1.807, 2.05) is 53.7 Å². The first-order valence-electron chi connectivity index (χ1n) is 7.50. The summed E-state index contributed by atoms with van der Waals surface area (Å²) in [5.41, 5.74) is 1.69. The Morgan fingerprint density at radius 3 is 2.30 bits per heavy atom. The maximum atomic E-state index is 10.9. The maximum Gasteiger partial charge on any atom is 0.214 e. The molecule has 0 bridgehead atoms. The molecule has 1 amide bonds. The SMILES string of the molecule is CC.CC.CCC(O)CCN(C=O)c1ccc(C)nc1. The fraction of sp³-hybridized carbons (Fsp3) is 0.625. The van der Waals surface area contributed by atoms with E-state index in [1.54, 1.807) is 11.1 Å². The summed E-state index contributed by atoms with van der Waals surface area (Å²) in [6, 6.07) is 3.72. The molecule has 1 unspecified atom stereocenters. The molecule has 116 valence electrons. The van der Waals surface area contributed by atoms with Crippen LogP contribution in [0.25, 0.3) is 0 Å². The molecule has 1 atom stereocenters. The highest BCUT2D eigenvalue weighted by Gasteiger charge is 2.08. The molecule has 1 N–H and O–H groups in total. The third kappa shape index (κ3) is 8.64. The summed E-state index contributed by atoms with van der Waals surface area (Å²) in [7, 11) is 0. The first-order valence-corrected chi connectivity index (χ1v) is 7.50. The number of carbonyl (C=O) groups is 1. The molecule has 0 fully saturated rings. The number of hydrogen-bond acceptors (Lipinski definition) is 3. The summed E-state index contributed by atoms with van der Waals surface area (Å²) < 4.78 is 0. The number of rotatable bonds is 6. The number of aliphatic hydroxyl groups is 1. The second-order valence-electron chi connectivity index (χ2n) is 3.81. The number of nitrogens with zero attached hydrogens (tertiary/aromatic N) is 2. The van der Waals surface area contributed by atoms with Gasteiger partial charge in [-0.2, -0.15) is 0 Å². The summed E-state index contributed by atoms with van der Waals surface area (Å²) >= 11 is 0. The molecular weight excluding hydrogens is 252 g/mol. The van der Waals surface area contributed by atoms with Gasteiger partial charge in [0.25, 0.3) is 0 Å². The van der Waals surface area contributed by atoms with Gasteiger partial charge < -0.3 is 10.0 Å². The quantitative estimate of drug-likeness (QED) is 0.812. The van der Waals surface area contributed by atoms with E-state index in [-0.39, 0.29) is 6.10 Å². The van der Waals surface area contributed by atoms with E-state index >= 15 is 0 Å². The Kier molecular flexibility index (Phi) is 14.6. The minimum atomic E-state index is -0.346. The van der Waals surface area contributed by atoms with Gasteiger partial charge in [0.05, 0.1) is 18.0 Å². The molecule has 1 rings (SSSR count). The third-order valence-corrected chi connectivity index (χ3v) is 2.53. The lowest BCUT2D eigenvalue weighted by molar-refractivity contribution is -0.107. The van der Waals surface area contributed by atoms with Crippen LogP contribution in [0.5, 0.6) is 0 Å². The molecule has 0 spiro atoms. The molecule has 0 aromatic carbocycles. The average Bonchev–Trinajstić information content (AvgIpc) is 2.53. The zero-order chi connectivity index (χ0) is 16.0. The predicted molar refractivity (Wildman–Crippen MR) is 86.0 cm³/mol. The smallest absolute Gasteiger partial charge is 0.214 e. The lowest BCUT2D eigenvalue weighted by Crippen LogP contribution is -2.25. The van der Waals surface area contributed by atoms with E-state index in [4.69, 9.17) is 0 Å². The van der Waals surface area contributed by atoms with Crippen molar-refractivity contribution in [3.05, 3.63) is 24.0 Å². The highest BCUT2D eigenvalue weighted by Crippen LogP contribution is 2.12. The molecule has 1 aromatic rings. The largest absolute Gasteiger partial charge is 0.393 e. The van der Waals surface area contributed by atoms with Gasteiger partial charge in [-0.05, 0) is 31.9 Å². The monoisotopic (exact) mass is 282 g/mol. The normalized spacial score (nSPS) is 10.3. The summed E-state index contributed by atoms with van der Waals surface area (Å²) in [4.78, 5) is 16.6. The summed E-state index contributed by atoms with van der Waals surface area (Å²) in [5, 5.41) is 9.44.